The minimum absolute atomic E-state index is 0.319. The third-order valence-electron chi connectivity index (χ3n) is 3.43. The van der Waals surface area contributed by atoms with Crippen molar-refractivity contribution >= 4 is 5.78 Å². The SMILES string of the molecule is CC(=O)CC1COC2CCCCC12. The summed E-state index contributed by atoms with van der Waals surface area (Å²) in [7, 11) is 0. The predicted octanol–water partition coefficient (Wildman–Crippen LogP) is 2.17. The summed E-state index contributed by atoms with van der Waals surface area (Å²) in [5.74, 6) is 1.54. The molecule has 0 bridgehead atoms. The van der Waals surface area contributed by atoms with Crippen molar-refractivity contribution in [3.05, 3.63) is 0 Å². The van der Waals surface area contributed by atoms with Crippen LogP contribution in [0.25, 0.3) is 0 Å². The Labute approximate surface area is 79.7 Å². The first-order valence-corrected chi connectivity index (χ1v) is 5.38. The van der Waals surface area contributed by atoms with E-state index in [9.17, 15) is 4.79 Å². The van der Waals surface area contributed by atoms with E-state index < -0.39 is 0 Å². The Kier molecular flexibility index (Phi) is 2.68. The molecule has 0 aromatic carbocycles. The highest BCUT2D eigenvalue weighted by molar-refractivity contribution is 5.75. The summed E-state index contributed by atoms with van der Waals surface area (Å²) in [6.45, 7) is 2.52. The van der Waals surface area contributed by atoms with Gasteiger partial charge in [-0.2, -0.15) is 0 Å². The molecular weight excluding hydrogens is 164 g/mol. The van der Waals surface area contributed by atoms with Gasteiger partial charge in [-0.1, -0.05) is 12.8 Å². The average Bonchev–Trinajstić information content (AvgIpc) is 2.48. The van der Waals surface area contributed by atoms with Crippen LogP contribution in [0.4, 0.5) is 0 Å². The van der Waals surface area contributed by atoms with Crippen LogP contribution in [-0.2, 0) is 9.53 Å². The van der Waals surface area contributed by atoms with Crippen LogP contribution in [0.2, 0.25) is 0 Å². The molecule has 2 fully saturated rings. The molecule has 2 rings (SSSR count). The molecule has 1 saturated heterocycles. The fraction of sp³-hybridized carbons (Fsp3) is 0.909. The van der Waals surface area contributed by atoms with E-state index in [1.54, 1.807) is 6.92 Å². The second-order valence-electron chi connectivity index (χ2n) is 4.49. The van der Waals surface area contributed by atoms with E-state index in [1.165, 1.54) is 25.7 Å². The minimum atomic E-state index is 0.319. The molecule has 0 radical (unpaired) electrons. The van der Waals surface area contributed by atoms with Gasteiger partial charge in [0, 0.05) is 6.42 Å². The van der Waals surface area contributed by atoms with Crippen molar-refractivity contribution in [2.45, 2.75) is 45.1 Å². The predicted molar refractivity (Wildman–Crippen MR) is 50.5 cm³/mol. The summed E-state index contributed by atoms with van der Waals surface area (Å²) < 4.78 is 5.72. The van der Waals surface area contributed by atoms with Gasteiger partial charge in [0.25, 0.3) is 0 Å². The van der Waals surface area contributed by atoms with Crippen LogP contribution in [0.3, 0.4) is 0 Å². The fourth-order valence-corrected chi connectivity index (χ4v) is 2.82. The van der Waals surface area contributed by atoms with Crippen molar-refractivity contribution in [3.8, 4) is 0 Å². The average molecular weight is 182 g/mol. The molecule has 0 aromatic rings. The highest BCUT2D eigenvalue weighted by Gasteiger charge is 2.38. The van der Waals surface area contributed by atoms with Crippen molar-refractivity contribution in [1.82, 2.24) is 0 Å². The van der Waals surface area contributed by atoms with Gasteiger partial charge in [0.1, 0.15) is 5.78 Å². The normalized spacial score (nSPS) is 38.7. The Morgan fingerprint density at radius 3 is 2.92 bits per heavy atom. The topological polar surface area (TPSA) is 26.3 Å². The van der Waals surface area contributed by atoms with Crippen molar-refractivity contribution < 1.29 is 9.53 Å². The molecule has 3 atom stereocenters. The maximum Gasteiger partial charge on any atom is 0.130 e. The molecule has 0 aromatic heterocycles. The van der Waals surface area contributed by atoms with Crippen LogP contribution >= 0.6 is 0 Å². The van der Waals surface area contributed by atoms with Gasteiger partial charge in [-0.05, 0) is 31.6 Å². The van der Waals surface area contributed by atoms with E-state index in [0.717, 1.165) is 13.0 Å². The van der Waals surface area contributed by atoms with Gasteiger partial charge in [-0.15, -0.1) is 0 Å². The van der Waals surface area contributed by atoms with Gasteiger partial charge in [0.2, 0.25) is 0 Å². The lowest BCUT2D eigenvalue weighted by Gasteiger charge is -2.26. The summed E-state index contributed by atoms with van der Waals surface area (Å²) in [5.41, 5.74) is 0. The number of hydrogen-bond donors (Lipinski definition) is 0. The molecule has 2 nitrogen and oxygen atoms in total. The third-order valence-corrected chi connectivity index (χ3v) is 3.43. The van der Waals surface area contributed by atoms with Crippen molar-refractivity contribution in [2.75, 3.05) is 6.61 Å². The Morgan fingerprint density at radius 1 is 1.38 bits per heavy atom. The minimum Gasteiger partial charge on any atom is -0.378 e. The molecule has 1 aliphatic carbocycles. The number of carbonyl (C=O) groups is 1. The standard InChI is InChI=1S/C11H18O2/c1-8(12)6-9-7-13-11-5-3-2-4-10(9)11/h9-11H,2-7H2,1H3. The van der Waals surface area contributed by atoms with Gasteiger partial charge >= 0.3 is 0 Å². The number of Topliss-reactive ketones (excluding diaryl/α,β-unsaturated/α-hetero) is 1. The number of carbonyl (C=O) groups excluding carboxylic acids is 1. The van der Waals surface area contributed by atoms with Gasteiger partial charge in [0.15, 0.2) is 0 Å². The van der Waals surface area contributed by atoms with Crippen molar-refractivity contribution in [3.63, 3.8) is 0 Å². The summed E-state index contributed by atoms with van der Waals surface area (Å²) in [6.07, 6.45) is 6.37. The number of hydrogen-bond acceptors (Lipinski definition) is 2. The maximum absolute atomic E-state index is 11.0. The zero-order valence-corrected chi connectivity index (χ0v) is 8.29. The summed E-state index contributed by atoms with van der Waals surface area (Å²) in [5, 5.41) is 0. The lowest BCUT2D eigenvalue weighted by Crippen LogP contribution is -2.25. The first-order valence-electron chi connectivity index (χ1n) is 5.38. The van der Waals surface area contributed by atoms with E-state index >= 15 is 0 Å². The molecule has 3 unspecified atom stereocenters. The first kappa shape index (κ1) is 9.20. The summed E-state index contributed by atoms with van der Waals surface area (Å²) in [6, 6.07) is 0. The zero-order valence-electron chi connectivity index (χ0n) is 8.29. The zero-order chi connectivity index (χ0) is 9.26. The number of ketones is 1. The smallest absolute Gasteiger partial charge is 0.130 e. The molecule has 0 amide bonds. The second-order valence-corrected chi connectivity index (χ2v) is 4.49. The number of ether oxygens (including phenoxy) is 1. The van der Waals surface area contributed by atoms with Crippen LogP contribution in [0.5, 0.6) is 0 Å². The van der Waals surface area contributed by atoms with Crippen LogP contribution < -0.4 is 0 Å². The first-order chi connectivity index (χ1) is 6.27. The summed E-state index contributed by atoms with van der Waals surface area (Å²) in [4.78, 5) is 11.0. The third kappa shape index (κ3) is 1.93. The molecule has 1 saturated carbocycles. The molecule has 74 valence electrons. The monoisotopic (exact) mass is 182 g/mol. The second kappa shape index (κ2) is 3.79. The summed E-state index contributed by atoms with van der Waals surface area (Å²) >= 11 is 0. The highest BCUT2D eigenvalue weighted by atomic mass is 16.5. The lowest BCUT2D eigenvalue weighted by atomic mass is 9.78. The molecule has 1 aliphatic heterocycles. The van der Waals surface area contributed by atoms with Crippen molar-refractivity contribution in [1.29, 1.82) is 0 Å². The number of fused-ring (bicyclic) bond motifs is 1. The van der Waals surface area contributed by atoms with Crippen LogP contribution in [0.15, 0.2) is 0 Å². The maximum atomic E-state index is 11.0. The molecule has 2 aliphatic rings. The molecule has 1 heterocycles. The highest BCUT2D eigenvalue weighted by Crippen LogP contribution is 2.39. The van der Waals surface area contributed by atoms with Crippen molar-refractivity contribution in [2.24, 2.45) is 11.8 Å². The van der Waals surface area contributed by atoms with Crippen LogP contribution in [0.1, 0.15) is 39.0 Å². The molecular formula is C11H18O2. The van der Waals surface area contributed by atoms with E-state index in [0.29, 0.717) is 23.7 Å². The largest absolute Gasteiger partial charge is 0.378 e. The Hall–Kier alpha value is -0.370. The van der Waals surface area contributed by atoms with E-state index in [4.69, 9.17) is 4.74 Å². The van der Waals surface area contributed by atoms with Gasteiger partial charge in [-0.25, -0.2) is 0 Å². The molecule has 0 spiro atoms. The Bertz CT molecular complexity index is 200. The molecule has 2 heteroatoms. The van der Waals surface area contributed by atoms with Crippen LogP contribution in [-0.4, -0.2) is 18.5 Å². The van der Waals surface area contributed by atoms with Gasteiger partial charge in [-0.3, -0.25) is 0 Å². The van der Waals surface area contributed by atoms with Gasteiger partial charge < -0.3 is 9.53 Å². The number of rotatable bonds is 2. The van der Waals surface area contributed by atoms with Crippen LogP contribution in [0, 0.1) is 11.8 Å². The van der Waals surface area contributed by atoms with Gasteiger partial charge in [0.05, 0.1) is 12.7 Å². The lowest BCUT2D eigenvalue weighted by molar-refractivity contribution is -0.118. The Balaban J connectivity index is 1.94. The molecule has 0 N–H and O–H groups in total. The van der Waals surface area contributed by atoms with E-state index in [-0.39, 0.29) is 0 Å². The Morgan fingerprint density at radius 2 is 2.15 bits per heavy atom. The molecule has 13 heavy (non-hydrogen) atoms. The fourth-order valence-electron chi connectivity index (χ4n) is 2.82. The quantitative estimate of drug-likeness (QED) is 0.654. The van der Waals surface area contributed by atoms with E-state index in [2.05, 4.69) is 0 Å². The van der Waals surface area contributed by atoms with E-state index in [1.807, 2.05) is 0 Å².